The highest BCUT2D eigenvalue weighted by atomic mass is 32.2. The van der Waals surface area contributed by atoms with Crippen LogP contribution in [-0.2, 0) is 25.4 Å². The van der Waals surface area contributed by atoms with Crippen molar-refractivity contribution in [2.75, 3.05) is 6.61 Å². The molecule has 11 heteroatoms. The van der Waals surface area contributed by atoms with Crippen LogP contribution in [0.4, 0.5) is 5.69 Å². The predicted octanol–water partition coefficient (Wildman–Crippen LogP) is 5.37. The molecular weight excluding hydrogens is 512 g/mol. The number of esters is 1. The van der Waals surface area contributed by atoms with Crippen molar-refractivity contribution in [2.24, 2.45) is 5.92 Å². The number of aliphatic hydroxyl groups excluding tert-OH is 1. The first-order valence-electron chi connectivity index (χ1n) is 12.1. The Morgan fingerprint density at radius 3 is 2.35 bits per heavy atom. The Hall–Kier alpha value is -2.47. The number of rotatable bonds is 11. The Morgan fingerprint density at radius 2 is 1.86 bits per heavy atom. The number of hydrogen-bond acceptors (Lipinski definition) is 8. The first kappa shape index (κ1) is 30.7. The summed E-state index contributed by atoms with van der Waals surface area (Å²) in [6.07, 6.45) is 1.22. The minimum Gasteiger partial charge on any atom is -0.456 e. The van der Waals surface area contributed by atoms with Crippen LogP contribution in [0.3, 0.4) is 0 Å². The number of nitro groups is 1. The van der Waals surface area contributed by atoms with Crippen molar-refractivity contribution in [3.63, 3.8) is 0 Å². The van der Waals surface area contributed by atoms with Gasteiger partial charge in [0, 0.05) is 12.1 Å². The third kappa shape index (κ3) is 7.31. The highest BCUT2D eigenvalue weighted by Crippen LogP contribution is 2.45. The van der Waals surface area contributed by atoms with Gasteiger partial charge in [0.25, 0.3) is 5.69 Å². The lowest BCUT2D eigenvalue weighted by molar-refractivity contribution is -0.384. The van der Waals surface area contributed by atoms with Gasteiger partial charge in [-0.1, -0.05) is 26.8 Å². The summed E-state index contributed by atoms with van der Waals surface area (Å²) in [6.45, 7) is 15.8. The predicted molar refractivity (Wildman–Crippen MR) is 147 cm³/mol. The summed E-state index contributed by atoms with van der Waals surface area (Å²) in [7, 11) is -2.15. The second kappa shape index (κ2) is 12.4. The van der Waals surface area contributed by atoms with Gasteiger partial charge in [0.2, 0.25) is 5.91 Å². The quantitative estimate of drug-likeness (QED) is 0.0976. The molecule has 0 spiro atoms. The molecule has 0 aliphatic carbocycles. The molecule has 0 saturated carbocycles. The zero-order chi connectivity index (χ0) is 28.1. The van der Waals surface area contributed by atoms with Crippen LogP contribution in [-0.4, -0.2) is 53.2 Å². The summed E-state index contributed by atoms with van der Waals surface area (Å²) < 4.78 is 12.0. The van der Waals surface area contributed by atoms with Crippen LogP contribution in [0.1, 0.15) is 47.1 Å². The van der Waals surface area contributed by atoms with Gasteiger partial charge < -0.3 is 14.3 Å². The Kier molecular flexibility index (Phi) is 10.3. The van der Waals surface area contributed by atoms with Crippen molar-refractivity contribution < 1.29 is 28.8 Å². The Morgan fingerprint density at radius 1 is 1.27 bits per heavy atom. The number of aliphatic hydroxyl groups is 1. The van der Waals surface area contributed by atoms with Gasteiger partial charge in [0.1, 0.15) is 17.7 Å². The van der Waals surface area contributed by atoms with Gasteiger partial charge in [0.05, 0.1) is 23.6 Å². The van der Waals surface area contributed by atoms with E-state index in [4.69, 9.17) is 9.16 Å². The lowest BCUT2D eigenvalue weighted by Gasteiger charge is -2.50. The summed E-state index contributed by atoms with van der Waals surface area (Å²) in [6, 6.07) is 5.74. The van der Waals surface area contributed by atoms with Crippen LogP contribution in [0, 0.1) is 16.0 Å². The number of benzene rings is 1. The SMILES string of the molecule is CC(C)=C(C(=O)OCc1ccc([N+](=O)[O-])cc1)N1C(=O)C(C(C)O[Si](C)(C)C(C)(C)C)C1SC=CCO. The number of carbonyl (C=O) groups is 2. The van der Waals surface area contributed by atoms with E-state index in [0.29, 0.717) is 11.1 Å². The second-order valence-electron chi connectivity index (χ2n) is 10.7. The molecule has 1 aliphatic heterocycles. The molecule has 1 saturated heterocycles. The monoisotopic (exact) mass is 550 g/mol. The van der Waals surface area contributed by atoms with Crippen molar-refractivity contribution in [2.45, 2.75) is 77.8 Å². The largest absolute Gasteiger partial charge is 0.456 e. The zero-order valence-corrected chi connectivity index (χ0v) is 24.6. The number of amides is 1. The molecule has 9 nitrogen and oxygen atoms in total. The Bertz CT molecular complexity index is 1060. The molecule has 1 amide bonds. The molecule has 2 rings (SSSR count). The number of carbonyl (C=O) groups excluding carboxylic acids is 2. The fourth-order valence-electron chi connectivity index (χ4n) is 3.67. The summed E-state index contributed by atoms with van der Waals surface area (Å²) in [5, 5.41) is 21.3. The van der Waals surface area contributed by atoms with E-state index in [1.807, 2.05) is 6.92 Å². The van der Waals surface area contributed by atoms with E-state index in [0.717, 1.165) is 0 Å². The van der Waals surface area contributed by atoms with Gasteiger partial charge in [-0.05, 0) is 67.6 Å². The topological polar surface area (TPSA) is 119 Å². The third-order valence-electron chi connectivity index (χ3n) is 6.72. The van der Waals surface area contributed by atoms with Gasteiger partial charge in [0.15, 0.2) is 8.32 Å². The maximum Gasteiger partial charge on any atom is 0.355 e. The summed E-state index contributed by atoms with van der Waals surface area (Å²) in [5.41, 5.74) is 1.32. The number of nitro benzene ring substituents is 1. The summed E-state index contributed by atoms with van der Waals surface area (Å²) >= 11 is 1.35. The highest BCUT2D eigenvalue weighted by molar-refractivity contribution is 8.02. The fraction of sp³-hybridized carbons (Fsp3) is 0.538. The van der Waals surface area contributed by atoms with E-state index in [1.54, 1.807) is 25.3 Å². The molecule has 37 heavy (non-hydrogen) atoms. The molecule has 3 unspecified atom stereocenters. The van der Waals surface area contributed by atoms with Crippen LogP contribution >= 0.6 is 11.8 Å². The van der Waals surface area contributed by atoms with Crippen LogP contribution < -0.4 is 0 Å². The van der Waals surface area contributed by atoms with E-state index in [1.165, 1.54) is 40.9 Å². The number of nitrogens with zero attached hydrogens (tertiary/aromatic N) is 2. The maximum atomic E-state index is 13.5. The molecule has 1 N–H and O–H groups in total. The first-order chi connectivity index (χ1) is 17.1. The van der Waals surface area contributed by atoms with Gasteiger partial charge >= 0.3 is 5.97 Å². The molecule has 0 aromatic heterocycles. The Balaban J connectivity index is 2.25. The number of β-lactam (4-membered cyclic amide) rings is 1. The van der Waals surface area contributed by atoms with Crippen LogP contribution in [0.5, 0.6) is 0 Å². The van der Waals surface area contributed by atoms with Crippen LogP contribution in [0.15, 0.2) is 47.0 Å². The third-order valence-corrected chi connectivity index (χ3v) is 12.4. The van der Waals surface area contributed by atoms with E-state index >= 15 is 0 Å². The van der Waals surface area contributed by atoms with Crippen molar-refractivity contribution >= 4 is 37.6 Å². The normalized spacial score (nSPS) is 18.9. The molecule has 1 heterocycles. The first-order valence-corrected chi connectivity index (χ1v) is 16.0. The van der Waals surface area contributed by atoms with Crippen molar-refractivity contribution in [3.8, 4) is 0 Å². The van der Waals surface area contributed by atoms with E-state index in [9.17, 15) is 24.8 Å². The standard InChI is InChI=1S/C26H38N2O7SSi/c1-17(2)22(25(31)34-16-19-10-12-20(13-11-19)28(32)33)27-23(30)21(24(27)36-15-9-14-29)18(3)35-37(7,8)26(4,5)6/h9-13,15,18,21,24,29H,14,16H2,1-8H3. The number of thioether (sulfide) groups is 1. The molecule has 1 fully saturated rings. The molecule has 3 atom stereocenters. The fourth-order valence-corrected chi connectivity index (χ4v) is 6.30. The second-order valence-corrected chi connectivity index (χ2v) is 16.5. The molecule has 1 aromatic rings. The van der Waals surface area contributed by atoms with Gasteiger partial charge in [-0.3, -0.25) is 19.8 Å². The molecule has 0 radical (unpaired) electrons. The van der Waals surface area contributed by atoms with Crippen molar-refractivity contribution in [3.05, 3.63) is 62.7 Å². The van der Waals surface area contributed by atoms with E-state index < -0.39 is 30.5 Å². The molecule has 1 aliphatic rings. The van der Waals surface area contributed by atoms with Crippen molar-refractivity contribution in [1.82, 2.24) is 4.90 Å². The molecular formula is C26H38N2O7SSi. The Labute approximate surface area is 224 Å². The average molecular weight is 551 g/mol. The zero-order valence-electron chi connectivity index (χ0n) is 22.8. The highest BCUT2D eigenvalue weighted by Gasteiger charge is 2.55. The number of hydrogen-bond donors (Lipinski definition) is 1. The summed E-state index contributed by atoms with van der Waals surface area (Å²) in [5.74, 6) is -1.34. The lowest BCUT2D eigenvalue weighted by Crippen LogP contribution is -2.64. The van der Waals surface area contributed by atoms with Crippen LogP contribution in [0.25, 0.3) is 0 Å². The van der Waals surface area contributed by atoms with Crippen LogP contribution in [0.2, 0.25) is 18.1 Å². The number of non-ortho nitro benzene ring substituents is 1. The summed E-state index contributed by atoms with van der Waals surface area (Å²) in [4.78, 5) is 38.4. The molecule has 1 aromatic carbocycles. The van der Waals surface area contributed by atoms with E-state index in [-0.39, 0.29) is 41.6 Å². The molecule has 204 valence electrons. The van der Waals surface area contributed by atoms with Gasteiger partial charge in [-0.25, -0.2) is 4.79 Å². The van der Waals surface area contributed by atoms with Gasteiger partial charge in [-0.15, -0.1) is 11.8 Å². The number of ether oxygens (including phenoxy) is 1. The average Bonchev–Trinajstić information content (AvgIpc) is 2.79. The maximum absolute atomic E-state index is 13.5. The number of allylic oxidation sites excluding steroid dienone is 1. The van der Waals surface area contributed by atoms with Gasteiger partial charge in [-0.2, -0.15) is 0 Å². The smallest absolute Gasteiger partial charge is 0.355 e. The van der Waals surface area contributed by atoms with E-state index in [2.05, 4.69) is 33.9 Å². The van der Waals surface area contributed by atoms with Crippen molar-refractivity contribution in [1.29, 1.82) is 0 Å². The number of likely N-dealkylation sites (tertiary alicyclic amines) is 1. The molecule has 0 bridgehead atoms. The lowest BCUT2D eigenvalue weighted by atomic mass is 9.91. The minimum absolute atomic E-state index is 0.0279. The minimum atomic E-state index is -2.15.